The highest BCUT2D eigenvalue weighted by Gasteiger charge is 2.28. The first-order valence-electron chi connectivity index (χ1n) is 8.66. The standard InChI is InChI=1S/C22H19ClN2O/c23-18-10-6-9-17(13-18)20-14-22(26)25(15-16-7-2-1-3-8-16)21-12-5-4-11-19(21)24-20/h1-13,20,24H,14-15H2. The van der Waals surface area contributed by atoms with Gasteiger partial charge in [0.15, 0.2) is 0 Å². The van der Waals surface area contributed by atoms with Gasteiger partial charge in [-0.15, -0.1) is 0 Å². The SMILES string of the molecule is O=C1CC(c2cccc(Cl)c2)Nc2ccccc2N1Cc1ccccc1. The van der Waals surface area contributed by atoms with Crippen molar-refractivity contribution in [2.24, 2.45) is 0 Å². The molecule has 1 heterocycles. The van der Waals surface area contributed by atoms with Gasteiger partial charge in [-0.25, -0.2) is 0 Å². The van der Waals surface area contributed by atoms with Crippen LogP contribution in [0.4, 0.5) is 11.4 Å². The maximum atomic E-state index is 13.1. The fourth-order valence-electron chi connectivity index (χ4n) is 3.35. The Kier molecular flexibility index (Phi) is 4.63. The largest absolute Gasteiger partial charge is 0.376 e. The van der Waals surface area contributed by atoms with E-state index < -0.39 is 0 Å². The highest BCUT2D eigenvalue weighted by Crippen LogP contribution is 2.36. The Morgan fingerprint density at radius 3 is 2.54 bits per heavy atom. The Morgan fingerprint density at radius 2 is 1.73 bits per heavy atom. The molecule has 1 atom stereocenters. The van der Waals surface area contributed by atoms with Crippen LogP contribution in [0.5, 0.6) is 0 Å². The van der Waals surface area contributed by atoms with E-state index >= 15 is 0 Å². The summed E-state index contributed by atoms with van der Waals surface area (Å²) >= 11 is 6.15. The monoisotopic (exact) mass is 362 g/mol. The second-order valence-electron chi connectivity index (χ2n) is 6.44. The van der Waals surface area contributed by atoms with Crippen LogP contribution in [-0.2, 0) is 11.3 Å². The number of fused-ring (bicyclic) bond motifs is 1. The summed E-state index contributed by atoms with van der Waals surface area (Å²) in [6.07, 6.45) is 0.377. The number of amides is 1. The van der Waals surface area contributed by atoms with Crippen molar-refractivity contribution in [1.29, 1.82) is 0 Å². The minimum absolute atomic E-state index is 0.0938. The van der Waals surface area contributed by atoms with Crippen molar-refractivity contribution in [1.82, 2.24) is 0 Å². The maximum absolute atomic E-state index is 13.1. The summed E-state index contributed by atoms with van der Waals surface area (Å²) in [4.78, 5) is 15.0. The molecule has 3 aromatic rings. The van der Waals surface area contributed by atoms with Crippen LogP contribution in [0, 0.1) is 0 Å². The third kappa shape index (κ3) is 3.44. The molecule has 0 fully saturated rings. The van der Waals surface area contributed by atoms with Crippen LogP contribution in [0.15, 0.2) is 78.9 Å². The van der Waals surface area contributed by atoms with Gasteiger partial charge in [-0.2, -0.15) is 0 Å². The van der Waals surface area contributed by atoms with Crippen LogP contribution < -0.4 is 10.2 Å². The zero-order valence-electron chi connectivity index (χ0n) is 14.2. The first-order valence-corrected chi connectivity index (χ1v) is 9.04. The number of carbonyl (C=O) groups is 1. The van der Waals surface area contributed by atoms with Crippen molar-refractivity contribution in [3.63, 3.8) is 0 Å². The smallest absolute Gasteiger partial charge is 0.229 e. The Balaban J connectivity index is 1.71. The van der Waals surface area contributed by atoms with Crippen LogP contribution >= 0.6 is 11.6 Å². The fraction of sp³-hybridized carbons (Fsp3) is 0.136. The van der Waals surface area contributed by atoms with Crippen LogP contribution in [0.25, 0.3) is 0 Å². The molecular formula is C22H19ClN2O. The molecule has 130 valence electrons. The number of anilines is 2. The number of carbonyl (C=O) groups excluding carboxylic acids is 1. The lowest BCUT2D eigenvalue weighted by Gasteiger charge is -2.22. The van der Waals surface area contributed by atoms with Crippen LogP contribution in [0.1, 0.15) is 23.6 Å². The van der Waals surface area contributed by atoms with Gasteiger partial charge >= 0.3 is 0 Å². The normalized spacial score (nSPS) is 16.6. The van der Waals surface area contributed by atoms with Gasteiger partial charge in [-0.05, 0) is 35.4 Å². The van der Waals surface area contributed by atoms with Crippen molar-refractivity contribution >= 4 is 28.9 Å². The Labute approximate surface area is 158 Å². The molecule has 0 radical (unpaired) electrons. The summed E-state index contributed by atoms with van der Waals surface area (Å²) in [5, 5.41) is 4.20. The van der Waals surface area contributed by atoms with E-state index in [1.54, 1.807) is 0 Å². The zero-order valence-corrected chi connectivity index (χ0v) is 15.0. The molecule has 0 bridgehead atoms. The van der Waals surface area contributed by atoms with Crippen LogP contribution in [0.3, 0.4) is 0 Å². The number of para-hydroxylation sites is 2. The van der Waals surface area contributed by atoms with Gasteiger partial charge in [-0.1, -0.05) is 66.2 Å². The molecular weight excluding hydrogens is 344 g/mol. The van der Waals surface area contributed by atoms with Gasteiger partial charge in [-0.3, -0.25) is 4.79 Å². The summed E-state index contributed by atoms with van der Waals surface area (Å²) in [5.74, 6) is 0.0938. The molecule has 1 unspecified atom stereocenters. The Bertz CT molecular complexity index is 926. The number of rotatable bonds is 3. The van der Waals surface area contributed by atoms with Crippen molar-refractivity contribution in [2.45, 2.75) is 19.0 Å². The molecule has 4 rings (SSSR count). The highest BCUT2D eigenvalue weighted by atomic mass is 35.5. The van der Waals surface area contributed by atoms with E-state index in [-0.39, 0.29) is 11.9 Å². The van der Waals surface area contributed by atoms with Gasteiger partial charge in [0.2, 0.25) is 5.91 Å². The minimum Gasteiger partial charge on any atom is -0.376 e. The third-order valence-electron chi connectivity index (χ3n) is 4.64. The third-order valence-corrected chi connectivity index (χ3v) is 4.87. The summed E-state index contributed by atoms with van der Waals surface area (Å²) in [6, 6.07) is 25.6. The van der Waals surface area contributed by atoms with Crippen molar-refractivity contribution < 1.29 is 4.79 Å². The molecule has 0 aromatic heterocycles. The predicted molar refractivity (Wildman–Crippen MR) is 107 cm³/mol. The average Bonchev–Trinajstić information content (AvgIpc) is 2.80. The molecule has 3 aromatic carbocycles. The lowest BCUT2D eigenvalue weighted by molar-refractivity contribution is -0.118. The predicted octanol–water partition coefficient (Wildman–Crippen LogP) is 5.43. The number of halogens is 1. The number of nitrogens with zero attached hydrogens (tertiary/aromatic N) is 1. The van der Waals surface area contributed by atoms with E-state index in [4.69, 9.17) is 11.6 Å². The van der Waals surface area contributed by atoms with E-state index in [2.05, 4.69) is 5.32 Å². The summed E-state index contributed by atoms with van der Waals surface area (Å²) < 4.78 is 0. The van der Waals surface area contributed by atoms with Crippen molar-refractivity contribution in [3.05, 3.63) is 95.0 Å². The fourth-order valence-corrected chi connectivity index (χ4v) is 3.55. The van der Waals surface area contributed by atoms with Gasteiger partial charge < -0.3 is 10.2 Å². The molecule has 4 heteroatoms. The Morgan fingerprint density at radius 1 is 0.962 bits per heavy atom. The van der Waals surface area contributed by atoms with Crippen LogP contribution in [-0.4, -0.2) is 5.91 Å². The van der Waals surface area contributed by atoms with E-state index in [1.165, 1.54) is 0 Å². The molecule has 1 N–H and O–H groups in total. The first-order chi connectivity index (χ1) is 12.7. The van der Waals surface area contributed by atoms with E-state index in [0.717, 1.165) is 22.5 Å². The lowest BCUT2D eigenvalue weighted by atomic mass is 10.0. The maximum Gasteiger partial charge on any atom is 0.229 e. The molecule has 0 saturated carbocycles. The van der Waals surface area contributed by atoms with Gasteiger partial charge in [0.05, 0.1) is 30.4 Å². The van der Waals surface area contributed by atoms with Gasteiger partial charge in [0.25, 0.3) is 0 Å². The van der Waals surface area contributed by atoms with E-state index in [0.29, 0.717) is 18.0 Å². The second kappa shape index (κ2) is 7.22. The average molecular weight is 363 g/mol. The lowest BCUT2D eigenvalue weighted by Crippen LogP contribution is -2.30. The molecule has 1 amide bonds. The second-order valence-corrected chi connectivity index (χ2v) is 6.88. The van der Waals surface area contributed by atoms with Crippen molar-refractivity contribution in [2.75, 3.05) is 10.2 Å². The Hall–Kier alpha value is -2.78. The zero-order chi connectivity index (χ0) is 17.9. The molecule has 3 nitrogen and oxygen atoms in total. The molecule has 0 aliphatic carbocycles. The van der Waals surface area contributed by atoms with E-state index in [9.17, 15) is 4.79 Å². The van der Waals surface area contributed by atoms with Gasteiger partial charge in [0, 0.05) is 5.02 Å². The first kappa shape index (κ1) is 16.7. The summed E-state index contributed by atoms with van der Waals surface area (Å²) in [5.41, 5.74) is 3.99. The molecule has 1 aliphatic rings. The van der Waals surface area contributed by atoms with Crippen molar-refractivity contribution in [3.8, 4) is 0 Å². The number of hydrogen-bond acceptors (Lipinski definition) is 2. The minimum atomic E-state index is -0.108. The number of nitrogens with one attached hydrogen (secondary N) is 1. The van der Waals surface area contributed by atoms with E-state index in [1.807, 2.05) is 83.8 Å². The molecule has 0 saturated heterocycles. The highest BCUT2D eigenvalue weighted by molar-refractivity contribution is 6.30. The molecule has 26 heavy (non-hydrogen) atoms. The molecule has 0 spiro atoms. The summed E-state index contributed by atoms with van der Waals surface area (Å²) in [7, 11) is 0. The topological polar surface area (TPSA) is 32.3 Å². The van der Waals surface area contributed by atoms with Gasteiger partial charge in [0.1, 0.15) is 0 Å². The van der Waals surface area contributed by atoms with Crippen LogP contribution in [0.2, 0.25) is 5.02 Å². The molecule has 1 aliphatic heterocycles. The quantitative estimate of drug-likeness (QED) is 0.673. The summed E-state index contributed by atoms with van der Waals surface area (Å²) in [6.45, 7) is 0.556. The number of benzene rings is 3. The number of hydrogen-bond donors (Lipinski definition) is 1.